The van der Waals surface area contributed by atoms with Gasteiger partial charge in [0, 0.05) is 5.41 Å². The van der Waals surface area contributed by atoms with E-state index < -0.39 is 5.97 Å². The van der Waals surface area contributed by atoms with Gasteiger partial charge in [0.25, 0.3) is 0 Å². The minimum Gasteiger partial charge on any atom is -0.477 e. The summed E-state index contributed by atoms with van der Waals surface area (Å²) in [6.45, 7) is 9.75. The third-order valence-corrected chi connectivity index (χ3v) is 2.68. The van der Waals surface area contributed by atoms with Gasteiger partial charge in [0.15, 0.2) is 0 Å². The standard InChI is InChI=1S/C12H15NO2/c1-8(2)12(3,4)10-7-5-6-9(13-10)11(14)15/h5-7H,1H2,2-4H3,(H,14,15). The Hall–Kier alpha value is -1.64. The van der Waals surface area contributed by atoms with Crippen LogP contribution in [0.2, 0.25) is 0 Å². The van der Waals surface area contributed by atoms with Gasteiger partial charge < -0.3 is 5.11 Å². The van der Waals surface area contributed by atoms with Gasteiger partial charge in [-0.3, -0.25) is 0 Å². The lowest BCUT2D eigenvalue weighted by Crippen LogP contribution is -2.21. The van der Waals surface area contributed by atoms with Crippen molar-refractivity contribution in [2.75, 3.05) is 0 Å². The van der Waals surface area contributed by atoms with Crippen LogP contribution < -0.4 is 0 Å². The highest BCUT2D eigenvalue weighted by atomic mass is 16.4. The second kappa shape index (κ2) is 3.85. The lowest BCUT2D eigenvalue weighted by Gasteiger charge is -2.24. The number of nitrogens with zero attached hydrogens (tertiary/aromatic N) is 1. The molecule has 0 amide bonds. The van der Waals surface area contributed by atoms with Crippen molar-refractivity contribution in [3.63, 3.8) is 0 Å². The van der Waals surface area contributed by atoms with E-state index in [1.165, 1.54) is 6.07 Å². The summed E-state index contributed by atoms with van der Waals surface area (Å²) in [6, 6.07) is 5.01. The van der Waals surface area contributed by atoms with Crippen molar-refractivity contribution in [2.24, 2.45) is 0 Å². The summed E-state index contributed by atoms with van der Waals surface area (Å²) in [4.78, 5) is 14.9. The zero-order valence-electron chi connectivity index (χ0n) is 9.24. The van der Waals surface area contributed by atoms with Gasteiger partial charge in [-0.1, -0.05) is 32.1 Å². The van der Waals surface area contributed by atoms with Crippen molar-refractivity contribution >= 4 is 5.97 Å². The van der Waals surface area contributed by atoms with Crippen molar-refractivity contribution in [3.05, 3.63) is 41.7 Å². The molecule has 1 N–H and O–H groups in total. The fourth-order valence-corrected chi connectivity index (χ4v) is 1.12. The summed E-state index contributed by atoms with van der Waals surface area (Å²) >= 11 is 0. The van der Waals surface area contributed by atoms with Gasteiger partial charge in [-0.2, -0.15) is 0 Å². The van der Waals surface area contributed by atoms with E-state index in [0.717, 1.165) is 11.3 Å². The van der Waals surface area contributed by atoms with Crippen molar-refractivity contribution in [3.8, 4) is 0 Å². The molecule has 1 rings (SSSR count). The van der Waals surface area contributed by atoms with Crippen LogP contribution in [0.25, 0.3) is 0 Å². The second-order valence-corrected chi connectivity index (χ2v) is 4.12. The monoisotopic (exact) mass is 205 g/mol. The van der Waals surface area contributed by atoms with E-state index in [2.05, 4.69) is 11.6 Å². The largest absolute Gasteiger partial charge is 0.477 e. The molecule has 3 heteroatoms. The zero-order valence-corrected chi connectivity index (χ0v) is 9.24. The predicted octanol–water partition coefficient (Wildman–Crippen LogP) is 2.63. The van der Waals surface area contributed by atoms with Gasteiger partial charge in [0.2, 0.25) is 0 Å². The van der Waals surface area contributed by atoms with Gasteiger partial charge in [0.1, 0.15) is 5.69 Å². The average Bonchev–Trinajstić information content (AvgIpc) is 2.17. The minimum atomic E-state index is -1.01. The Morgan fingerprint density at radius 2 is 2.07 bits per heavy atom. The van der Waals surface area contributed by atoms with E-state index in [1.54, 1.807) is 6.07 Å². The molecule has 0 saturated heterocycles. The number of carboxylic acids is 1. The first kappa shape index (κ1) is 11.4. The maximum atomic E-state index is 10.8. The first-order valence-electron chi connectivity index (χ1n) is 4.72. The Balaban J connectivity index is 3.21. The van der Waals surface area contributed by atoms with Crippen LogP contribution in [-0.2, 0) is 5.41 Å². The molecular weight excluding hydrogens is 190 g/mol. The highest BCUT2D eigenvalue weighted by Crippen LogP contribution is 2.28. The first-order valence-corrected chi connectivity index (χ1v) is 4.72. The third-order valence-electron chi connectivity index (χ3n) is 2.68. The number of aromatic nitrogens is 1. The number of hydrogen-bond acceptors (Lipinski definition) is 2. The van der Waals surface area contributed by atoms with E-state index in [9.17, 15) is 4.79 Å². The van der Waals surface area contributed by atoms with Crippen LogP contribution in [0.1, 0.15) is 37.0 Å². The van der Waals surface area contributed by atoms with Crippen LogP contribution in [0.15, 0.2) is 30.4 Å². The molecule has 0 aliphatic rings. The number of rotatable bonds is 3. The first-order chi connectivity index (χ1) is 6.85. The Kier molecular flexibility index (Phi) is 2.93. The highest BCUT2D eigenvalue weighted by molar-refractivity contribution is 5.85. The van der Waals surface area contributed by atoms with E-state index >= 15 is 0 Å². The molecule has 1 aromatic rings. The van der Waals surface area contributed by atoms with Crippen molar-refractivity contribution < 1.29 is 9.90 Å². The average molecular weight is 205 g/mol. The van der Waals surface area contributed by atoms with Crippen LogP contribution in [0.4, 0.5) is 0 Å². The Morgan fingerprint density at radius 3 is 2.53 bits per heavy atom. The van der Waals surface area contributed by atoms with Crippen LogP contribution in [0.3, 0.4) is 0 Å². The maximum absolute atomic E-state index is 10.8. The van der Waals surface area contributed by atoms with Gasteiger partial charge in [-0.15, -0.1) is 0 Å². The van der Waals surface area contributed by atoms with Gasteiger partial charge in [0.05, 0.1) is 5.69 Å². The summed E-state index contributed by atoms with van der Waals surface area (Å²) in [7, 11) is 0. The SMILES string of the molecule is C=C(C)C(C)(C)c1cccc(C(=O)O)n1. The molecule has 1 aromatic heterocycles. The molecular formula is C12H15NO2. The lowest BCUT2D eigenvalue weighted by atomic mass is 9.82. The summed E-state index contributed by atoms with van der Waals surface area (Å²) in [6.07, 6.45) is 0. The van der Waals surface area contributed by atoms with Crippen molar-refractivity contribution in [2.45, 2.75) is 26.2 Å². The zero-order chi connectivity index (χ0) is 11.6. The second-order valence-electron chi connectivity index (χ2n) is 4.12. The molecule has 0 aliphatic carbocycles. The fourth-order valence-electron chi connectivity index (χ4n) is 1.12. The maximum Gasteiger partial charge on any atom is 0.354 e. The van der Waals surface area contributed by atoms with E-state index in [0.29, 0.717) is 0 Å². The molecule has 0 radical (unpaired) electrons. The fraction of sp³-hybridized carbons (Fsp3) is 0.333. The van der Waals surface area contributed by atoms with E-state index in [-0.39, 0.29) is 11.1 Å². The van der Waals surface area contributed by atoms with Gasteiger partial charge in [-0.25, -0.2) is 9.78 Å². The van der Waals surface area contributed by atoms with Crippen LogP contribution >= 0.6 is 0 Å². The lowest BCUT2D eigenvalue weighted by molar-refractivity contribution is 0.0690. The molecule has 0 fully saturated rings. The summed E-state index contributed by atoms with van der Waals surface area (Å²) in [5.74, 6) is -1.01. The number of carbonyl (C=O) groups is 1. The van der Waals surface area contributed by atoms with Crippen LogP contribution in [-0.4, -0.2) is 16.1 Å². The highest BCUT2D eigenvalue weighted by Gasteiger charge is 2.23. The number of aromatic carboxylic acids is 1. The molecule has 0 saturated carbocycles. The van der Waals surface area contributed by atoms with Crippen molar-refractivity contribution in [1.29, 1.82) is 0 Å². The number of carboxylic acid groups (broad SMARTS) is 1. The molecule has 0 spiro atoms. The Morgan fingerprint density at radius 1 is 1.47 bits per heavy atom. The number of pyridine rings is 1. The predicted molar refractivity (Wildman–Crippen MR) is 59.0 cm³/mol. The summed E-state index contributed by atoms with van der Waals surface area (Å²) in [5.41, 5.74) is 1.46. The molecule has 15 heavy (non-hydrogen) atoms. The topological polar surface area (TPSA) is 50.2 Å². The number of allylic oxidation sites excluding steroid dienone is 1. The molecule has 80 valence electrons. The molecule has 0 aliphatic heterocycles. The third kappa shape index (κ3) is 2.24. The normalized spacial score (nSPS) is 11.1. The Bertz CT molecular complexity index is 408. The van der Waals surface area contributed by atoms with Crippen molar-refractivity contribution in [1.82, 2.24) is 4.98 Å². The smallest absolute Gasteiger partial charge is 0.354 e. The summed E-state index contributed by atoms with van der Waals surface area (Å²) in [5, 5.41) is 8.83. The molecule has 0 atom stereocenters. The van der Waals surface area contributed by atoms with Crippen LogP contribution in [0.5, 0.6) is 0 Å². The molecule has 0 aromatic carbocycles. The number of hydrogen-bond donors (Lipinski definition) is 1. The van der Waals surface area contributed by atoms with Gasteiger partial charge >= 0.3 is 5.97 Å². The molecule has 1 heterocycles. The van der Waals surface area contributed by atoms with E-state index in [4.69, 9.17) is 5.11 Å². The van der Waals surface area contributed by atoms with Crippen LogP contribution in [0, 0.1) is 0 Å². The molecule has 0 bridgehead atoms. The summed E-state index contributed by atoms with van der Waals surface area (Å²) < 4.78 is 0. The van der Waals surface area contributed by atoms with E-state index in [1.807, 2.05) is 26.8 Å². The minimum absolute atomic E-state index is 0.0711. The molecule has 3 nitrogen and oxygen atoms in total. The Labute approximate surface area is 89.5 Å². The van der Waals surface area contributed by atoms with Gasteiger partial charge in [-0.05, 0) is 19.1 Å². The quantitative estimate of drug-likeness (QED) is 0.772. The molecule has 0 unspecified atom stereocenters.